The SMILES string of the molecule is CC(C)Oc1cc(N)cc(N(CCO)CCO)c1. The van der Waals surface area contributed by atoms with E-state index in [2.05, 4.69) is 0 Å². The maximum Gasteiger partial charge on any atom is 0.123 e. The van der Waals surface area contributed by atoms with Gasteiger partial charge in [0.2, 0.25) is 0 Å². The van der Waals surface area contributed by atoms with Crippen molar-refractivity contribution in [1.82, 2.24) is 0 Å². The van der Waals surface area contributed by atoms with Crippen LogP contribution in [0, 0.1) is 0 Å². The molecule has 5 nitrogen and oxygen atoms in total. The van der Waals surface area contributed by atoms with Gasteiger partial charge in [-0.3, -0.25) is 0 Å². The van der Waals surface area contributed by atoms with Crippen LogP contribution in [0.2, 0.25) is 0 Å². The molecule has 5 heteroatoms. The number of anilines is 2. The number of hydrogen-bond acceptors (Lipinski definition) is 5. The molecule has 1 rings (SSSR count). The van der Waals surface area contributed by atoms with Gasteiger partial charge in [0.25, 0.3) is 0 Å². The molecule has 1 aromatic carbocycles. The minimum absolute atomic E-state index is 0.0230. The van der Waals surface area contributed by atoms with Crippen LogP contribution in [0.3, 0.4) is 0 Å². The fourth-order valence-electron chi connectivity index (χ4n) is 1.74. The summed E-state index contributed by atoms with van der Waals surface area (Å²) in [6.45, 7) is 4.84. The van der Waals surface area contributed by atoms with Crippen LogP contribution in [0.1, 0.15) is 13.8 Å². The standard InChI is InChI=1S/C13H22N2O3/c1-10(2)18-13-8-11(14)7-12(9-13)15(3-5-16)4-6-17/h7-10,16-17H,3-6,14H2,1-2H3. The van der Waals surface area contributed by atoms with Crippen LogP contribution in [0.25, 0.3) is 0 Å². The summed E-state index contributed by atoms with van der Waals surface area (Å²) in [6.07, 6.45) is 0.0729. The first-order chi connectivity index (χ1) is 8.56. The summed E-state index contributed by atoms with van der Waals surface area (Å²) in [4.78, 5) is 1.86. The summed E-state index contributed by atoms with van der Waals surface area (Å²) >= 11 is 0. The largest absolute Gasteiger partial charge is 0.491 e. The molecule has 0 fully saturated rings. The van der Waals surface area contributed by atoms with Gasteiger partial charge in [-0.05, 0) is 19.9 Å². The van der Waals surface area contributed by atoms with Crippen LogP contribution >= 0.6 is 0 Å². The van der Waals surface area contributed by atoms with Gasteiger partial charge in [0.1, 0.15) is 5.75 Å². The molecular formula is C13H22N2O3. The van der Waals surface area contributed by atoms with E-state index in [9.17, 15) is 0 Å². The van der Waals surface area contributed by atoms with Gasteiger partial charge in [-0.1, -0.05) is 0 Å². The van der Waals surface area contributed by atoms with E-state index in [0.717, 1.165) is 5.69 Å². The molecule has 0 atom stereocenters. The maximum atomic E-state index is 9.02. The molecule has 0 aromatic heterocycles. The fourth-order valence-corrected chi connectivity index (χ4v) is 1.74. The van der Waals surface area contributed by atoms with Crippen LogP contribution in [0.4, 0.5) is 11.4 Å². The highest BCUT2D eigenvalue weighted by Gasteiger charge is 2.09. The zero-order chi connectivity index (χ0) is 13.5. The average molecular weight is 254 g/mol. The van der Waals surface area contributed by atoms with Crippen molar-refractivity contribution < 1.29 is 14.9 Å². The lowest BCUT2D eigenvalue weighted by Crippen LogP contribution is -2.29. The van der Waals surface area contributed by atoms with E-state index in [4.69, 9.17) is 20.7 Å². The molecule has 0 aliphatic heterocycles. The number of hydrogen-bond donors (Lipinski definition) is 3. The molecule has 0 radical (unpaired) electrons. The molecule has 4 N–H and O–H groups in total. The Kier molecular flexibility index (Phi) is 5.74. The number of nitrogen functional groups attached to an aromatic ring is 1. The Balaban J connectivity index is 2.94. The van der Waals surface area contributed by atoms with E-state index >= 15 is 0 Å². The number of aliphatic hydroxyl groups excluding tert-OH is 2. The van der Waals surface area contributed by atoms with Crippen molar-refractivity contribution in [3.05, 3.63) is 18.2 Å². The second-order valence-corrected chi connectivity index (χ2v) is 4.36. The highest BCUT2D eigenvalue weighted by Crippen LogP contribution is 2.26. The van der Waals surface area contributed by atoms with Gasteiger partial charge in [-0.2, -0.15) is 0 Å². The van der Waals surface area contributed by atoms with Crippen LogP contribution in [0.15, 0.2) is 18.2 Å². The molecule has 0 aliphatic carbocycles. The Labute approximate surface area is 108 Å². The van der Waals surface area contributed by atoms with Gasteiger partial charge in [0.05, 0.1) is 19.3 Å². The molecule has 0 unspecified atom stereocenters. The van der Waals surface area contributed by atoms with Gasteiger partial charge in [-0.15, -0.1) is 0 Å². The van der Waals surface area contributed by atoms with E-state index in [1.54, 1.807) is 12.1 Å². The minimum atomic E-state index is 0.0230. The van der Waals surface area contributed by atoms with E-state index in [0.29, 0.717) is 24.5 Å². The molecule has 0 amide bonds. The van der Waals surface area contributed by atoms with Gasteiger partial charge in [0.15, 0.2) is 0 Å². The number of ether oxygens (including phenoxy) is 1. The molecule has 0 aliphatic rings. The van der Waals surface area contributed by atoms with Crippen molar-refractivity contribution in [3.8, 4) is 5.75 Å². The fraction of sp³-hybridized carbons (Fsp3) is 0.538. The molecule has 102 valence electrons. The lowest BCUT2D eigenvalue weighted by molar-refractivity contribution is 0.242. The smallest absolute Gasteiger partial charge is 0.123 e. The number of rotatable bonds is 7. The average Bonchev–Trinajstić information content (AvgIpc) is 2.27. The van der Waals surface area contributed by atoms with Crippen molar-refractivity contribution in [3.63, 3.8) is 0 Å². The zero-order valence-electron chi connectivity index (χ0n) is 11.0. The third kappa shape index (κ3) is 4.43. The lowest BCUT2D eigenvalue weighted by atomic mass is 10.2. The Morgan fingerprint density at radius 2 is 1.78 bits per heavy atom. The van der Waals surface area contributed by atoms with Gasteiger partial charge in [0, 0.05) is 36.6 Å². The normalized spacial score (nSPS) is 10.7. The zero-order valence-corrected chi connectivity index (χ0v) is 11.0. The van der Waals surface area contributed by atoms with E-state index in [1.165, 1.54) is 0 Å². The molecular weight excluding hydrogens is 232 g/mol. The van der Waals surface area contributed by atoms with Gasteiger partial charge < -0.3 is 25.6 Å². The molecule has 0 spiro atoms. The Morgan fingerprint density at radius 3 is 2.28 bits per heavy atom. The second kappa shape index (κ2) is 7.08. The van der Waals surface area contributed by atoms with Crippen molar-refractivity contribution in [2.45, 2.75) is 20.0 Å². The van der Waals surface area contributed by atoms with Crippen molar-refractivity contribution in [1.29, 1.82) is 0 Å². The number of aliphatic hydroxyl groups is 2. The number of nitrogens with two attached hydrogens (primary N) is 1. The van der Waals surface area contributed by atoms with Gasteiger partial charge >= 0.3 is 0 Å². The molecule has 0 saturated carbocycles. The Morgan fingerprint density at radius 1 is 1.17 bits per heavy atom. The highest BCUT2D eigenvalue weighted by molar-refractivity contribution is 5.60. The van der Waals surface area contributed by atoms with Gasteiger partial charge in [-0.25, -0.2) is 0 Å². The van der Waals surface area contributed by atoms with Crippen LogP contribution < -0.4 is 15.4 Å². The summed E-state index contributed by atoms with van der Waals surface area (Å²) in [7, 11) is 0. The third-order valence-corrected chi connectivity index (χ3v) is 2.39. The summed E-state index contributed by atoms with van der Waals surface area (Å²) in [5.41, 5.74) is 7.28. The third-order valence-electron chi connectivity index (χ3n) is 2.39. The van der Waals surface area contributed by atoms with Crippen LogP contribution in [-0.4, -0.2) is 42.6 Å². The van der Waals surface area contributed by atoms with E-state index < -0.39 is 0 Å². The molecule has 0 heterocycles. The number of nitrogens with zero attached hydrogens (tertiary/aromatic N) is 1. The minimum Gasteiger partial charge on any atom is -0.491 e. The number of benzene rings is 1. The Bertz CT molecular complexity index is 363. The van der Waals surface area contributed by atoms with Crippen LogP contribution in [0.5, 0.6) is 5.75 Å². The molecule has 18 heavy (non-hydrogen) atoms. The first-order valence-electron chi connectivity index (χ1n) is 6.10. The predicted molar refractivity (Wildman–Crippen MR) is 73.0 cm³/mol. The molecule has 1 aromatic rings. The summed E-state index contributed by atoms with van der Waals surface area (Å²) in [5.74, 6) is 0.695. The Hall–Kier alpha value is -1.46. The molecule has 0 saturated heterocycles. The topological polar surface area (TPSA) is 79.0 Å². The highest BCUT2D eigenvalue weighted by atomic mass is 16.5. The van der Waals surface area contributed by atoms with E-state index in [1.807, 2.05) is 24.8 Å². The summed E-state index contributed by atoms with van der Waals surface area (Å²) in [5, 5.41) is 18.0. The van der Waals surface area contributed by atoms with Crippen molar-refractivity contribution in [2.24, 2.45) is 0 Å². The monoisotopic (exact) mass is 254 g/mol. The lowest BCUT2D eigenvalue weighted by Gasteiger charge is -2.24. The molecule has 0 bridgehead atoms. The summed E-state index contributed by atoms with van der Waals surface area (Å²) < 4.78 is 5.61. The summed E-state index contributed by atoms with van der Waals surface area (Å²) in [6, 6.07) is 5.43. The maximum absolute atomic E-state index is 9.02. The predicted octanol–water partition coefficient (Wildman–Crippen LogP) is 0.847. The quantitative estimate of drug-likeness (QED) is 0.629. The first kappa shape index (κ1) is 14.6. The first-order valence-corrected chi connectivity index (χ1v) is 6.10. The van der Waals surface area contributed by atoms with Crippen LogP contribution in [-0.2, 0) is 0 Å². The van der Waals surface area contributed by atoms with E-state index in [-0.39, 0.29) is 19.3 Å². The van der Waals surface area contributed by atoms with Crippen molar-refractivity contribution >= 4 is 11.4 Å². The van der Waals surface area contributed by atoms with Crippen molar-refractivity contribution in [2.75, 3.05) is 36.9 Å². The second-order valence-electron chi connectivity index (χ2n) is 4.36.